The Labute approximate surface area is 156 Å². The number of likely N-dealkylation sites (N-methyl/N-ethyl adjacent to an activating group) is 1. The second-order valence-electron chi connectivity index (χ2n) is 5.72. The van der Waals surface area contributed by atoms with Gasteiger partial charge in [0.15, 0.2) is 5.82 Å². The number of carbonyl (C=O) groups is 1. The number of aromatic nitrogens is 2. The number of carbonyl (C=O) groups excluding carboxylic acids is 1. The Morgan fingerprint density at radius 1 is 1.19 bits per heavy atom. The quantitative estimate of drug-likeness (QED) is 0.661. The number of nitrogens with one attached hydrogen (secondary N) is 1. The van der Waals surface area contributed by atoms with Gasteiger partial charge >= 0.3 is 6.03 Å². The molecule has 0 bridgehead atoms. The highest BCUT2D eigenvalue weighted by atomic mass is 32.2. The fraction of sp³-hybridized carbons (Fsp3) is 0.211. The molecule has 0 atom stereocenters. The molecule has 0 radical (unpaired) electrons. The molecule has 6 nitrogen and oxygen atoms in total. The second kappa shape index (κ2) is 8.53. The molecule has 3 aromatic rings. The van der Waals surface area contributed by atoms with Gasteiger partial charge in [0.2, 0.25) is 0 Å². The standard InChI is InChI=1S/C19H20N4O2S/c1-23(19(24)20-15-9-6-10-16(13-15)26-2)12-11-17-21-18(25-22-17)14-7-4-3-5-8-14/h3-10,13H,11-12H2,1-2H3,(H,20,24). The third-order valence-electron chi connectivity index (χ3n) is 3.83. The van der Waals surface area contributed by atoms with Crippen molar-refractivity contribution in [2.24, 2.45) is 0 Å². The lowest BCUT2D eigenvalue weighted by Crippen LogP contribution is -2.33. The van der Waals surface area contributed by atoms with E-state index in [0.717, 1.165) is 16.1 Å². The molecule has 1 heterocycles. The number of benzene rings is 2. The molecule has 0 unspecified atom stereocenters. The summed E-state index contributed by atoms with van der Waals surface area (Å²) in [5.74, 6) is 1.06. The zero-order valence-electron chi connectivity index (χ0n) is 14.7. The SMILES string of the molecule is CSc1cccc(NC(=O)N(C)CCc2noc(-c3ccccc3)n2)c1. The van der Waals surface area contributed by atoms with Crippen molar-refractivity contribution >= 4 is 23.5 Å². The summed E-state index contributed by atoms with van der Waals surface area (Å²) in [4.78, 5) is 19.4. The lowest BCUT2D eigenvalue weighted by Gasteiger charge is -2.17. The average Bonchev–Trinajstić information content (AvgIpc) is 3.16. The normalized spacial score (nSPS) is 10.5. The summed E-state index contributed by atoms with van der Waals surface area (Å²) in [6.07, 6.45) is 2.52. The largest absolute Gasteiger partial charge is 0.334 e. The number of thioether (sulfide) groups is 1. The molecule has 0 aliphatic carbocycles. The average molecular weight is 368 g/mol. The minimum absolute atomic E-state index is 0.171. The van der Waals surface area contributed by atoms with Gasteiger partial charge in [-0.3, -0.25) is 0 Å². The molecule has 1 N–H and O–H groups in total. The van der Waals surface area contributed by atoms with E-state index in [0.29, 0.717) is 24.7 Å². The van der Waals surface area contributed by atoms with Crippen molar-refractivity contribution in [2.75, 3.05) is 25.2 Å². The van der Waals surface area contributed by atoms with Crippen molar-refractivity contribution in [1.82, 2.24) is 15.0 Å². The van der Waals surface area contributed by atoms with E-state index in [1.54, 1.807) is 23.7 Å². The smallest absolute Gasteiger partial charge is 0.321 e. The van der Waals surface area contributed by atoms with Gasteiger partial charge in [-0.15, -0.1) is 11.8 Å². The number of rotatable bonds is 6. The molecule has 1 aromatic heterocycles. The number of nitrogens with zero attached hydrogens (tertiary/aromatic N) is 3. The van der Waals surface area contributed by atoms with Crippen molar-refractivity contribution in [3.05, 3.63) is 60.4 Å². The molecule has 0 aliphatic heterocycles. The highest BCUT2D eigenvalue weighted by Crippen LogP contribution is 2.19. The topological polar surface area (TPSA) is 71.3 Å². The number of hydrogen-bond acceptors (Lipinski definition) is 5. The minimum atomic E-state index is -0.171. The monoisotopic (exact) mass is 368 g/mol. The van der Waals surface area contributed by atoms with Crippen LogP contribution >= 0.6 is 11.8 Å². The maximum Gasteiger partial charge on any atom is 0.321 e. The first kappa shape index (κ1) is 18.0. The van der Waals surface area contributed by atoms with Crippen molar-refractivity contribution in [1.29, 1.82) is 0 Å². The van der Waals surface area contributed by atoms with E-state index in [1.165, 1.54) is 0 Å². The molecule has 134 valence electrons. The van der Waals surface area contributed by atoms with E-state index >= 15 is 0 Å². The number of hydrogen-bond donors (Lipinski definition) is 1. The number of urea groups is 1. The van der Waals surface area contributed by atoms with Gasteiger partial charge < -0.3 is 14.7 Å². The van der Waals surface area contributed by atoms with Gasteiger partial charge in [0.1, 0.15) is 0 Å². The predicted molar refractivity (Wildman–Crippen MR) is 103 cm³/mol. The molecule has 2 amide bonds. The van der Waals surface area contributed by atoms with Gasteiger partial charge in [-0.25, -0.2) is 4.79 Å². The van der Waals surface area contributed by atoms with E-state index in [9.17, 15) is 4.79 Å². The zero-order chi connectivity index (χ0) is 18.4. The molecular weight excluding hydrogens is 348 g/mol. The summed E-state index contributed by atoms with van der Waals surface area (Å²) in [7, 11) is 1.74. The lowest BCUT2D eigenvalue weighted by molar-refractivity contribution is 0.222. The van der Waals surface area contributed by atoms with E-state index in [4.69, 9.17) is 4.52 Å². The van der Waals surface area contributed by atoms with Gasteiger partial charge in [-0.1, -0.05) is 29.4 Å². The fourth-order valence-corrected chi connectivity index (χ4v) is 2.80. The Balaban J connectivity index is 1.54. The third-order valence-corrected chi connectivity index (χ3v) is 4.55. The summed E-state index contributed by atoms with van der Waals surface area (Å²) in [5, 5.41) is 6.88. The van der Waals surface area contributed by atoms with E-state index in [-0.39, 0.29) is 6.03 Å². The molecule has 0 spiro atoms. The molecule has 0 fully saturated rings. The first-order valence-corrected chi connectivity index (χ1v) is 9.42. The highest BCUT2D eigenvalue weighted by molar-refractivity contribution is 7.98. The zero-order valence-corrected chi connectivity index (χ0v) is 15.5. The van der Waals surface area contributed by atoms with Crippen LogP contribution in [0.3, 0.4) is 0 Å². The number of anilines is 1. The van der Waals surface area contributed by atoms with Gasteiger partial charge in [0.25, 0.3) is 5.89 Å². The summed E-state index contributed by atoms with van der Waals surface area (Å²) >= 11 is 1.63. The van der Waals surface area contributed by atoms with Crippen LogP contribution in [-0.4, -0.2) is 40.9 Å². The highest BCUT2D eigenvalue weighted by Gasteiger charge is 2.12. The first-order chi connectivity index (χ1) is 12.7. The van der Waals surface area contributed by atoms with Crippen LogP contribution in [0.2, 0.25) is 0 Å². The molecule has 2 aromatic carbocycles. The predicted octanol–water partition coefficient (Wildman–Crippen LogP) is 4.16. The molecule has 0 saturated carbocycles. The van der Waals surface area contributed by atoms with Crippen LogP contribution in [0.4, 0.5) is 10.5 Å². The van der Waals surface area contributed by atoms with Crippen LogP contribution < -0.4 is 5.32 Å². The van der Waals surface area contributed by atoms with Crippen LogP contribution in [0, 0.1) is 0 Å². The maximum atomic E-state index is 12.3. The van der Waals surface area contributed by atoms with E-state index in [2.05, 4.69) is 15.5 Å². The molecule has 26 heavy (non-hydrogen) atoms. The van der Waals surface area contributed by atoms with Gasteiger partial charge in [0.05, 0.1) is 0 Å². The Hall–Kier alpha value is -2.80. The molecule has 0 aliphatic rings. The van der Waals surface area contributed by atoms with Crippen LogP contribution in [0.5, 0.6) is 0 Å². The maximum absolute atomic E-state index is 12.3. The van der Waals surface area contributed by atoms with Crippen LogP contribution in [0.15, 0.2) is 64.0 Å². The van der Waals surface area contributed by atoms with Gasteiger partial charge in [0, 0.05) is 36.2 Å². The number of amides is 2. The molecule has 3 rings (SSSR count). The van der Waals surface area contributed by atoms with Gasteiger partial charge in [-0.2, -0.15) is 4.98 Å². The van der Waals surface area contributed by atoms with Crippen molar-refractivity contribution in [3.63, 3.8) is 0 Å². The summed E-state index contributed by atoms with van der Waals surface area (Å²) < 4.78 is 5.28. The van der Waals surface area contributed by atoms with Crippen molar-refractivity contribution in [3.8, 4) is 11.5 Å². The fourth-order valence-electron chi connectivity index (χ4n) is 2.34. The van der Waals surface area contributed by atoms with Crippen molar-refractivity contribution in [2.45, 2.75) is 11.3 Å². The van der Waals surface area contributed by atoms with Crippen LogP contribution in [-0.2, 0) is 6.42 Å². The van der Waals surface area contributed by atoms with Crippen LogP contribution in [0.25, 0.3) is 11.5 Å². The van der Waals surface area contributed by atoms with Gasteiger partial charge in [-0.05, 0) is 36.6 Å². The Morgan fingerprint density at radius 2 is 2.00 bits per heavy atom. The summed E-state index contributed by atoms with van der Waals surface area (Å²) in [5.41, 5.74) is 1.66. The summed E-state index contributed by atoms with van der Waals surface area (Å²) in [6, 6.07) is 17.2. The van der Waals surface area contributed by atoms with E-state index in [1.807, 2.05) is 60.9 Å². The molecule has 0 saturated heterocycles. The molecule has 7 heteroatoms. The Bertz CT molecular complexity index is 867. The van der Waals surface area contributed by atoms with Crippen LogP contribution in [0.1, 0.15) is 5.82 Å². The molecular formula is C19H20N4O2S. The van der Waals surface area contributed by atoms with Crippen molar-refractivity contribution < 1.29 is 9.32 Å². The third kappa shape index (κ3) is 4.64. The second-order valence-corrected chi connectivity index (χ2v) is 6.60. The Morgan fingerprint density at radius 3 is 2.77 bits per heavy atom. The summed E-state index contributed by atoms with van der Waals surface area (Å²) in [6.45, 7) is 0.488. The van der Waals surface area contributed by atoms with E-state index < -0.39 is 0 Å². The Kier molecular flexibility index (Phi) is 5.91. The first-order valence-electron chi connectivity index (χ1n) is 8.20. The minimum Gasteiger partial charge on any atom is -0.334 e. The lowest BCUT2D eigenvalue weighted by atomic mass is 10.2.